The van der Waals surface area contributed by atoms with E-state index < -0.39 is 0 Å². The molecule has 0 spiro atoms. The molecule has 5 heterocycles. The fourth-order valence-electron chi connectivity index (χ4n) is 5.28. The molecule has 9 nitrogen and oxygen atoms in total. The van der Waals surface area contributed by atoms with Crippen molar-refractivity contribution in [1.29, 1.82) is 0 Å². The molecule has 0 bridgehead atoms. The Bertz CT molecular complexity index is 1550. The Labute approximate surface area is 217 Å². The fraction of sp³-hybridized carbons (Fsp3) is 0.296. The lowest BCUT2D eigenvalue weighted by molar-refractivity contribution is 0.0944. The average Bonchev–Trinajstić information content (AvgIpc) is 3.30. The molecule has 4 aromatic rings. The molecule has 3 atom stereocenters. The third-order valence-electron chi connectivity index (χ3n) is 7.17. The SMILES string of the molecule is COc1c(Cl)cccc1Nc1c(-c2ccnc3ccc(OC4CCOC4)nc23)[nH]c2c1C(=O)NC1CC21. The zero-order valence-electron chi connectivity index (χ0n) is 20.0. The largest absolute Gasteiger partial charge is 0.493 e. The van der Waals surface area contributed by atoms with Gasteiger partial charge in [0.15, 0.2) is 5.75 Å². The summed E-state index contributed by atoms with van der Waals surface area (Å²) < 4.78 is 17.1. The van der Waals surface area contributed by atoms with Gasteiger partial charge in [-0.05, 0) is 30.7 Å². The number of H-pyrrole nitrogens is 1. The van der Waals surface area contributed by atoms with Gasteiger partial charge in [-0.2, -0.15) is 0 Å². The van der Waals surface area contributed by atoms with Crippen molar-refractivity contribution in [2.24, 2.45) is 0 Å². The molecular weight excluding hydrogens is 494 g/mol. The highest BCUT2D eigenvalue weighted by Crippen LogP contribution is 2.51. The number of hydrogen-bond donors (Lipinski definition) is 3. The Morgan fingerprint density at radius 3 is 2.97 bits per heavy atom. The maximum atomic E-state index is 13.2. The molecule has 1 amide bonds. The topological polar surface area (TPSA) is 110 Å². The van der Waals surface area contributed by atoms with Gasteiger partial charge in [-0.25, -0.2) is 4.98 Å². The molecule has 0 radical (unpaired) electrons. The van der Waals surface area contributed by atoms with E-state index in [0.29, 0.717) is 52.3 Å². The first kappa shape index (κ1) is 22.4. The number of aromatic amines is 1. The molecule has 3 N–H and O–H groups in total. The van der Waals surface area contributed by atoms with Gasteiger partial charge in [0.1, 0.15) is 11.6 Å². The van der Waals surface area contributed by atoms with Crippen molar-refractivity contribution in [3.8, 4) is 22.9 Å². The van der Waals surface area contributed by atoms with E-state index in [1.54, 1.807) is 19.4 Å². The van der Waals surface area contributed by atoms with Crippen LogP contribution in [0, 0.1) is 0 Å². The second-order valence-electron chi connectivity index (χ2n) is 9.51. The second-order valence-corrected chi connectivity index (χ2v) is 9.92. The Balaban J connectivity index is 1.39. The summed E-state index contributed by atoms with van der Waals surface area (Å²) in [5, 5.41) is 7.03. The molecule has 1 saturated carbocycles. The molecule has 3 aliphatic rings. The highest BCUT2D eigenvalue weighted by molar-refractivity contribution is 6.32. The standard InChI is InChI=1S/C27H24ClN5O4/c1-35-26-16(28)3-2-4-18(26)30-25-21-23(15-11-19(15)31-27(21)34)33-24(25)14-7-9-29-17-5-6-20(32-22(14)17)37-13-8-10-36-12-13/h2-7,9,13,15,19,30,33H,8,10-12H2,1H3,(H,31,34). The summed E-state index contributed by atoms with van der Waals surface area (Å²) in [6, 6.07) is 11.3. The van der Waals surface area contributed by atoms with Crippen molar-refractivity contribution >= 4 is 39.9 Å². The number of halogens is 1. The Morgan fingerprint density at radius 1 is 1.22 bits per heavy atom. The number of para-hydroxylation sites is 1. The lowest BCUT2D eigenvalue weighted by Crippen LogP contribution is -2.31. The van der Waals surface area contributed by atoms with Crippen LogP contribution in [-0.4, -0.2) is 53.3 Å². The van der Waals surface area contributed by atoms with Crippen LogP contribution < -0.4 is 20.1 Å². The third-order valence-corrected chi connectivity index (χ3v) is 7.47. The van der Waals surface area contributed by atoms with Crippen molar-refractivity contribution in [1.82, 2.24) is 20.3 Å². The summed E-state index contributed by atoms with van der Waals surface area (Å²) in [7, 11) is 1.57. The van der Waals surface area contributed by atoms with E-state index in [4.69, 9.17) is 30.8 Å². The summed E-state index contributed by atoms with van der Waals surface area (Å²) in [6.45, 7) is 1.24. The minimum atomic E-state index is -0.115. The van der Waals surface area contributed by atoms with Gasteiger partial charge < -0.3 is 29.8 Å². The van der Waals surface area contributed by atoms with Crippen molar-refractivity contribution in [3.63, 3.8) is 0 Å². The smallest absolute Gasteiger partial charge is 0.255 e. The van der Waals surface area contributed by atoms with Crippen molar-refractivity contribution in [2.75, 3.05) is 25.6 Å². The molecule has 7 rings (SSSR count). The highest BCUT2D eigenvalue weighted by Gasteiger charge is 2.48. The molecule has 3 aromatic heterocycles. The van der Waals surface area contributed by atoms with Gasteiger partial charge in [-0.3, -0.25) is 9.78 Å². The van der Waals surface area contributed by atoms with Crippen LogP contribution in [0.5, 0.6) is 11.6 Å². The van der Waals surface area contributed by atoms with Gasteiger partial charge in [0.2, 0.25) is 5.88 Å². The van der Waals surface area contributed by atoms with Crippen LogP contribution in [0.2, 0.25) is 5.02 Å². The van der Waals surface area contributed by atoms with Crippen LogP contribution in [-0.2, 0) is 4.74 Å². The van der Waals surface area contributed by atoms with Crippen LogP contribution >= 0.6 is 11.6 Å². The number of amides is 1. The number of nitrogens with one attached hydrogen (secondary N) is 3. The number of carbonyl (C=O) groups excluding carboxylic acids is 1. The van der Waals surface area contributed by atoms with Crippen LogP contribution in [0.4, 0.5) is 11.4 Å². The molecule has 188 valence electrons. The predicted octanol–water partition coefficient (Wildman–Crippen LogP) is 4.80. The van der Waals surface area contributed by atoms with Crippen molar-refractivity contribution in [3.05, 3.63) is 58.9 Å². The predicted molar refractivity (Wildman–Crippen MR) is 139 cm³/mol. The zero-order valence-corrected chi connectivity index (χ0v) is 20.8. The maximum absolute atomic E-state index is 13.2. The van der Waals surface area contributed by atoms with E-state index in [-0.39, 0.29) is 24.0 Å². The molecule has 1 saturated heterocycles. The van der Waals surface area contributed by atoms with Gasteiger partial charge in [-0.15, -0.1) is 0 Å². The van der Waals surface area contributed by atoms with E-state index in [9.17, 15) is 4.79 Å². The number of anilines is 2. The summed E-state index contributed by atoms with van der Waals surface area (Å²) in [6.07, 6.45) is 3.46. The highest BCUT2D eigenvalue weighted by atomic mass is 35.5. The maximum Gasteiger partial charge on any atom is 0.255 e. The number of benzene rings is 1. The van der Waals surface area contributed by atoms with E-state index in [2.05, 4.69) is 20.6 Å². The monoisotopic (exact) mass is 517 g/mol. The lowest BCUT2D eigenvalue weighted by atomic mass is 10.0. The Kier molecular flexibility index (Phi) is 5.23. The van der Waals surface area contributed by atoms with E-state index in [0.717, 1.165) is 35.3 Å². The molecule has 2 fully saturated rings. The molecular formula is C27H24ClN5O4. The molecule has 1 aliphatic carbocycles. The van der Waals surface area contributed by atoms with Crippen molar-refractivity contribution < 1.29 is 19.0 Å². The first-order chi connectivity index (χ1) is 18.1. The lowest BCUT2D eigenvalue weighted by Gasteiger charge is -2.17. The van der Waals surface area contributed by atoms with E-state index >= 15 is 0 Å². The van der Waals surface area contributed by atoms with E-state index in [1.165, 1.54) is 0 Å². The first-order valence-corrected chi connectivity index (χ1v) is 12.7. The van der Waals surface area contributed by atoms with Crippen molar-refractivity contribution in [2.45, 2.75) is 30.9 Å². The summed E-state index contributed by atoms with van der Waals surface area (Å²) in [5.41, 5.74) is 5.76. The minimum absolute atomic E-state index is 0.0223. The quantitative estimate of drug-likeness (QED) is 0.337. The van der Waals surface area contributed by atoms with Gasteiger partial charge >= 0.3 is 0 Å². The van der Waals surface area contributed by atoms with Gasteiger partial charge in [0.25, 0.3) is 5.91 Å². The van der Waals surface area contributed by atoms with Crippen LogP contribution in [0.3, 0.4) is 0 Å². The van der Waals surface area contributed by atoms with Gasteiger partial charge in [-0.1, -0.05) is 17.7 Å². The normalized spacial score (nSPS) is 21.8. The van der Waals surface area contributed by atoms with Gasteiger partial charge in [0.05, 0.1) is 53.5 Å². The summed E-state index contributed by atoms with van der Waals surface area (Å²) in [5.74, 6) is 1.15. The summed E-state index contributed by atoms with van der Waals surface area (Å²) >= 11 is 6.40. The third kappa shape index (κ3) is 3.77. The molecule has 3 unspecified atom stereocenters. The number of methoxy groups -OCH3 is 1. The number of carbonyl (C=O) groups is 1. The van der Waals surface area contributed by atoms with Gasteiger partial charge in [0, 0.05) is 41.9 Å². The summed E-state index contributed by atoms with van der Waals surface area (Å²) in [4.78, 5) is 26.1. The number of aromatic nitrogens is 3. The Morgan fingerprint density at radius 2 is 2.14 bits per heavy atom. The molecule has 1 aromatic carbocycles. The second kappa shape index (κ2) is 8.64. The van der Waals surface area contributed by atoms with Crippen LogP contribution in [0.25, 0.3) is 22.3 Å². The number of hydrogen-bond acceptors (Lipinski definition) is 7. The molecule has 10 heteroatoms. The number of rotatable bonds is 6. The Hall–Kier alpha value is -3.82. The minimum Gasteiger partial charge on any atom is -0.493 e. The molecule has 37 heavy (non-hydrogen) atoms. The van der Waals surface area contributed by atoms with Crippen LogP contribution in [0.15, 0.2) is 42.6 Å². The average molecular weight is 518 g/mol. The number of nitrogens with zero attached hydrogens (tertiary/aromatic N) is 2. The number of fused-ring (bicyclic) bond motifs is 4. The zero-order chi connectivity index (χ0) is 25.1. The number of ether oxygens (including phenoxy) is 3. The fourth-order valence-corrected chi connectivity index (χ4v) is 5.53. The van der Waals surface area contributed by atoms with Crippen LogP contribution in [0.1, 0.15) is 34.8 Å². The number of pyridine rings is 2. The molecule has 2 aliphatic heterocycles. The van der Waals surface area contributed by atoms with E-state index in [1.807, 2.05) is 30.3 Å². The first-order valence-electron chi connectivity index (χ1n) is 12.3.